The number of anilines is 6. The van der Waals surface area contributed by atoms with Crippen LogP contribution in [0.5, 0.6) is 23.5 Å². The lowest BCUT2D eigenvalue weighted by atomic mass is 10.0. The van der Waals surface area contributed by atoms with Gasteiger partial charge in [-0.1, -0.05) is 56.4 Å². The summed E-state index contributed by atoms with van der Waals surface area (Å²) in [6.07, 6.45) is -1.44. The minimum atomic E-state index is -4.64. The quantitative estimate of drug-likeness (QED) is 0.00746. The fourth-order valence-electron chi connectivity index (χ4n) is 12.0. The van der Waals surface area contributed by atoms with Gasteiger partial charge in [0.15, 0.2) is 13.2 Å². The Morgan fingerprint density at radius 2 is 0.844 bits per heavy atom. The lowest BCUT2D eigenvalue weighted by Gasteiger charge is -2.24. The van der Waals surface area contributed by atoms with E-state index in [1.165, 1.54) is 46.2 Å². The van der Waals surface area contributed by atoms with E-state index in [-0.39, 0.29) is 86.7 Å². The molecule has 668 valence electrons. The number of hydrogen-bond acceptors (Lipinski definition) is 28. The number of carboxylic acid groups (broad SMARTS) is 3. The third kappa shape index (κ3) is 35.8. The second-order valence-corrected chi connectivity index (χ2v) is 31.8. The van der Waals surface area contributed by atoms with Crippen LogP contribution in [0.3, 0.4) is 0 Å². The number of rotatable bonds is 37. The summed E-state index contributed by atoms with van der Waals surface area (Å²) in [5.41, 5.74) is 12.2. The second kappa shape index (κ2) is 45.7. The van der Waals surface area contributed by atoms with Crippen molar-refractivity contribution in [3.63, 3.8) is 0 Å². The molecule has 122 heavy (non-hydrogen) atoms. The van der Waals surface area contributed by atoms with Gasteiger partial charge in [-0.15, -0.1) is 0 Å². The summed E-state index contributed by atoms with van der Waals surface area (Å²) in [5, 5.41) is 48.0. The molecule has 6 atom stereocenters. The summed E-state index contributed by atoms with van der Waals surface area (Å²) in [7, 11) is 0. The first kappa shape index (κ1) is 97.2. The summed E-state index contributed by atoms with van der Waals surface area (Å²) in [5.74, 6) is -5.79. The Morgan fingerprint density at radius 1 is 0.451 bits per heavy atom. The molecule has 14 N–H and O–H groups in total. The molecule has 0 saturated carbocycles. The number of unbranched alkanes of at least 4 members (excludes halogenated alkanes) is 7. The molecule has 35 nitrogen and oxygen atoms in total. The van der Waals surface area contributed by atoms with E-state index in [4.69, 9.17) is 49.7 Å². The van der Waals surface area contributed by atoms with Gasteiger partial charge in [0.05, 0.1) is 43.1 Å². The predicted octanol–water partition coefficient (Wildman–Crippen LogP) is 11.0. The van der Waals surface area contributed by atoms with Crippen molar-refractivity contribution in [2.45, 2.75) is 187 Å². The van der Waals surface area contributed by atoms with E-state index in [2.05, 4.69) is 67.1 Å². The van der Waals surface area contributed by atoms with Gasteiger partial charge in [0.1, 0.15) is 28.3 Å². The van der Waals surface area contributed by atoms with Crippen LogP contribution in [0.15, 0.2) is 97.1 Å². The summed E-state index contributed by atoms with van der Waals surface area (Å²) in [6.45, 7) is 15.7. The molecule has 3 fully saturated rings. The van der Waals surface area contributed by atoms with Gasteiger partial charge < -0.3 is 107 Å². The molecule has 2 unspecified atom stereocenters. The van der Waals surface area contributed by atoms with Gasteiger partial charge in [0, 0.05) is 87.3 Å². The zero-order valence-electron chi connectivity index (χ0n) is 69.4. The molecule has 9 rings (SSSR count). The third-order valence-electron chi connectivity index (χ3n) is 17.9. The zero-order chi connectivity index (χ0) is 89.5. The molecule has 0 bridgehead atoms. The number of ether oxygens (including phenoxy) is 7. The smallest absolute Gasteiger partial charge is 0.422 e. The predicted molar refractivity (Wildman–Crippen MR) is 434 cm³/mol. The van der Waals surface area contributed by atoms with Gasteiger partial charge in [0.2, 0.25) is 23.8 Å². The van der Waals surface area contributed by atoms with Crippen LogP contribution in [-0.2, 0) is 46.5 Å². The van der Waals surface area contributed by atoms with Crippen molar-refractivity contribution in [1.29, 1.82) is 0 Å². The minimum Gasteiger partial charge on any atom is -0.494 e. The molecule has 0 spiro atoms. The molecule has 4 amide bonds. The Balaban J connectivity index is 0.000000290. The largest absolute Gasteiger partial charge is 0.494 e. The van der Waals surface area contributed by atoms with Crippen LogP contribution in [0.1, 0.15) is 158 Å². The van der Waals surface area contributed by atoms with Crippen molar-refractivity contribution in [2.75, 3.05) is 93.5 Å². The van der Waals surface area contributed by atoms with Crippen LogP contribution >= 0.6 is 0 Å². The molecule has 0 aliphatic carbocycles. The molecule has 3 saturated heterocycles. The van der Waals surface area contributed by atoms with Crippen molar-refractivity contribution in [1.82, 2.24) is 55.7 Å². The third-order valence-corrected chi connectivity index (χ3v) is 17.9. The monoisotopic (exact) mass is 1720 g/mol. The lowest BCUT2D eigenvalue weighted by Crippen LogP contribution is -2.43. The van der Waals surface area contributed by atoms with Crippen molar-refractivity contribution in [3.05, 3.63) is 119 Å². The number of aliphatic carboxylic acids is 3. The van der Waals surface area contributed by atoms with E-state index in [0.717, 1.165) is 74.7 Å². The van der Waals surface area contributed by atoms with Crippen LogP contribution in [0.2, 0.25) is 0 Å². The number of nitrogens with one attached hydrogen (secondary N) is 7. The number of nitrogens with zero attached hydrogens (tertiary/aromatic N) is 8. The molecule has 2 aromatic heterocycles. The Labute approximate surface area is 701 Å². The summed E-state index contributed by atoms with van der Waals surface area (Å²) in [4.78, 5) is 123. The fourth-order valence-corrected chi connectivity index (χ4v) is 12.0. The van der Waals surface area contributed by atoms with Gasteiger partial charge in [-0.25, -0.2) is 9.59 Å². The Morgan fingerprint density at radius 3 is 1.25 bits per heavy atom. The highest BCUT2D eigenvalue weighted by Gasteiger charge is 2.43. The number of halogens is 6. The van der Waals surface area contributed by atoms with Gasteiger partial charge in [-0.3, -0.25) is 28.8 Å². The Hall–Kier alpha value is -11.9. The van der Waals surface area contributed by atoms with Gasteiger partial charge >= 0.3 is 60.4 Å². The topological polar surface area (TPSA) is 482 Å². The Bertz CT molecular complexity index is 4390. The molecule has 3 aliphatic rings. The summed E-state index contributed by atoms with van der Waals surface area (Å²) >= 11 is 0. The number of carboxylic acids is 3. The molecular weight excluding hydrogens is 1610 g/mol. The van der Waals surface area contributed by atoms with Crippen molar-refractivity contribution in [2.24, 2.45) is 29.2 Å². The molecule has 5 heterocycles. The SMILES string of the molecule is CC(C)(C)OC(=O)CCCCCCCOc1ccc(CNc2nc(Nc3ccc(C(=O)N[C@H]4CN(C(=O)OC(C)(C)C)CC4C(=O)O)cc3)nc(OCC(F)(F)F)n2)cc1.CC(C)(C)OC(=O)N1C[C@H](C(=O)O)[C@@H](N)C1.NCCCCCCOc1ccc(CNc2nc(Nc3ccc(C(=O)N[C@H]4CNCC4C(=O)O)cc3)nc(OCC(F)(F)F)n2)cc1. The minimum absolute atomic E-state index is 0.0263. The first-order chi connectivity index (χ1) is 57.4. The normalized spacial score (nSPS) is 17.1. The first-order valence-electron chi connectivity index (χ1n) is 39.6. The average Bonchev–Trinajstić information content (AvgIpc) is 1.63. The van der Waals surface area contributed by atoms with E-state index in [1.54, 1.807) is 65.8 Å². The van der Waals surface area contributed by atoms with E-state index < -0.39 is 132 Å². The van der Waals surface area contributed by atoms with Crippen molar-refractivity contribution < 1.29 is 113 Å². The van der Waals surface area contributed by atoms with E-state index in [0.29, 0.717) is 49.8 Å². The number of hydrogen-bond donors (Lipinski definition) is 12. The van der Waals surface area contributed by atoms with Crippen LogP contribution in [0, 0.1) is 17.8 Å². The number of amides is 4. The average molecular weight is 1720 g/mol. The second-order valence-electron chi connectivity index (χ2n) is 31.8. The molecule has 41 heteroatoms. The fraction of sp³-hybridized carbons (Fsp3) is 0.531. The van der Waals surface area contributed by atoms with E-state index >= 15 is 0 Å². The maximum atomic E-state index is 13.1. The maximum absolute atomic E-state index is 13.1. The number of aromatic nitrogens is 6. The number of benzene rings is 4. The number of likely N-dealkylation sites (tertiary alicyclic amines) is 2. The lowest BCUT2D eigenvalue weighted by molar-refractivity contribution is -0.155. The maximum Gasteiger partial charge on any atom is 0.422 e. The number of carbonyl (C=O) groups excluding carboxylic acids is 5. The van der Waals surface area contributed by atoms with Crippen LogP contribution in [0.25, 0.3) is 0 Å². The van der Waals surface area contributed by atoms with Crippen LogP contribution < -0.4 is 67.6 Å². The van der Waals surface area contributed by atoms with E-state index in [1.807, 2.05) is 57.2 Å². The Kier molecular flexibility index (Phi) is 36.4. The van der Waals surface area contributed by atoms with Gasteiger partial charge in [-0.2, -0.15) is 56.2 Å². The molecule has 6 aromatic rings. The van der Waals surface area contributed by atoms with Crippen molar-refractivity contribution in [3.8, 4) is 23.5 Å². The van der Waals surface area contributed by atoms with Crippen molar-refractivity contribution >= 4 is 83.0 Å². The highest BCUT2D eigenvalue weighted by Crippen LogP contribution is 2.28. The highest BCUT2D eigenvalue weighted by atomic mass is 19.4. The molecule has 0 radical (unpaired) electrons. The molecule has 3 aliphatic heterocycles. The molecule has 4 aromatic carbocycles. The first-order valence-corrected chi connectivity index (χ1v) is 39.6. The zero-order valence-corrected chi connectivity index (χ0v) is 69.4. The van der Waals surface area contributed by atoms with E-state index in [9.17, 15) is 74.9 Å². The van der Waals surface area contributed by atoms with Gasteiger partial charge in [0.25, 0.3) is 11.8 Å². The number of esters is 1. The highest BCUT2D eigenvalue weighted by molar-refractivity contribution is 5.96. The standard InChI is InChI=1S/C41H54F3N7O9.C30H37F3N8O5.C10H18N2O4/c1-39(2,3)59-32(52)12-10-8-7-9-11-21-57-29-19-13-26(14-20-29)22-45-35-48-36(50-37(49-35)58-25-41(42,43)44)46-28-17-15-27(16-18-28)33(53)47-31-24-51(23-30(31)34(54)55)38(56)60-40(4,5)6;31-30(32,33)18-46-29-40-27(36-15-19-5-11-22(12-6-19)45-14-4-2-1-3-13-34)39-28(41-29)37-21-9-7-20(8-10-21)25(42)38-24-17-35-16-23(24)26(43)44;1-10(2,3)16-9(15)12-4-6(8(13)14)7(11)5-12/h13-20,30-31H,7-12,21-25H2,1-6H3,(H,47,53)(H,54,55)(H2,45,46,48,49,50);5-12,23-24,35H,1-4,13-18,34H2,(H,38,42)(H,43,44)(H2,36,37,39,40,41);6-7H,4-5,11H2,1-3H3,(H,13,14)/t30?,31-;23?,24-;6-,7-/m000/s1. The molecular formula is C81H109F6N17O18. The summed E-state index contributed by atoms with van der Waals surface area (Å²) in [6, 6.07) is 23.5. The summed E-state index contributed by atoms with van der Waals surface area (Å²) < 4.78 is 114. The van der Waals surface area contributed by atoms with Crippen LogP contribution in [-0.4, -0.2) is 222 Å². The number of carbonyl (C=O) groups is 8. The van der Waals surface area contributed by atoms with Crippen LogP contribution in [0.4, 0.5) is 71.1 Å². The van der Waals surface area contributed by atoms with Gasteiger partial charge in [-0.05, 0) is 178 Å². The number of nitrogens with two attached hydrogens (primary N) is 2. The number of alkyl halides is 6.